The summed E-state index contributed by atoms with van der Waals surface area (Å²) in [5.41, 5.74) is 9.96. The molecule has 2 rings (SSSR count). The van der Waals surface area contributed by atoms with E-state index in [9.17, 15) is 0 Å². The number of benzene rings is 1. The minimum Gasteiger partial charge on any atom is -0.371 e. The molecule has 0 bridgehead atoms. The van der Waals surface area contributed by atoms with Crippen LogP contribution in [0.3, 0.4) is 0 Å². The second-order valence-corrected chi connectivity index (χ2v) is 4.89. The molecule has 82 valence electrons. The van der Waals surface area contributed by atoms with Gasteiger partial charge in [-0.15, -0.1) is 0 Å². The highest BCUT2D eigenvalue weighted by Gasteiger charge is 2.21. The highest BCUT2D eigenvalue weighted by Crippen LogP contribution is 2.30. The second-order valence-electron chi connectivity index (χ2n) is 4.89. The van der Waals surface area contributed by atoms with Crippen molar-refractivity contribution < 1.29 is 0 Å². The zero-order valence-electron chi connectivity index (χ0n) is 9.88. The predicted octanol–water partition coefficient (Wildman–Crippen LogP) is 2.26. The summed E-state index contributed by atoms with van der Waals surface area (Å²) in [7, 11) is 0. The zero-order valence-corrected chi connectivity index (χ0v) is 9.88. The van der Waals surface area contributed by atoms with E-state index in [1.807, 2.05) is 0 Å². The van der Waals surface area contributed by atoms with E-state index in [4.69, 9.17) is 5.73 Å². The third kappa shape index (κ3) is 1.86. The second kappa shape index (κ2) is 3.53. The van der Waals surface area contributed by atoms with Crippen LogP contribution in [-0.2, 0) is 12.0 Å². The lowest BCUT2D eigenvalue weighted by molar-refractivity contribution is 0.554. The van der Waals surface area contributed by atoms with Gasteiger partial charge in [0.25, 0.3) is 0 Å². The van der Waals surface area contributed by atoms with Crippen LogP contribution < -0.4 is 10.6 Å². The van der Waals surface area contributed by atoms with E-state index in [0.29, 0.717) is 0 Å². The quantitative estimate of drug-likeness (QED) is 0.800. The largest absolute Gasteiger partial charge is 0.371 e. The normalized spacial score (nSPS) is 15.6. The number of hydrogen-bond donors (Lipinski definition) is 1. The first kappa shape index (κ1) is 10.5. The molecule has 0 unspecified atom stereocenters. The Labute approximate surface area is 92.1 Å². The fourth-order valence-corrected chi connectivity index (χ4v) is 2.20. The van der Waals surface area contributed by atoms with E-state index < -0.39 is 0 Å². The van der Waals surface area contributed by atoms with Gasteiger partial charge in [-0.1, -0.05) is 12.1 Å². The molecule has 1 aromatic rings. The molecule has 0 fully saturated rings. The van der Waals surface area contributed by atoms with E-state index in [1.54, 1.807) is 0 Å². The molecule has 0 amide bonds. The van der Waals surface area contributed by atoms with Crippen molar-refractivity contribution in [1.82, 2.24) is 0 Å². The van der Waals surface area contributed by atoms with Crippen LogP contribution >= 0.6 is 0 Å². The van der Waals surface area contributed by atoms with Gasteiger partial charge in [-0.25, -0.2) is 0 Å². The molecule has 1 aromatic carbocycles. The van der Waals surface area contributed by atoms with Crippen LogP contribution in [-0.4, -0.2) is 13.1 Å². The Morgan fingerprint density at radius 3 is 2.73 bits per heavy atom. The van der Waals surface area contributed by atoms with Crippen LogP contribution in [0.15, 0.2) is 18.2 Å². The minimum atomic E-state index is -0.228. The highest BCUT2D eigenvalue weighted by atomic mass is 15.1. The van der Waals surface area contributed by atoms with Crippen molar-refractivity contribution in [2.75, 3.05) is 18.0 Å². The molecule has 0 spiro atoms. The summed E-state index contributed by atoms with van der Waals surface area (Å²) in [5, 5.41) is 0. The van der Waals surface area contributed by atoms with Crippen LogP contribution in [0.2, 0.25) is 0 Å². The molecule has 1 heterocycles. The van der Waals surface area contributed by atoms with E-state index in [2.05, 4.69) is 43.9 Å². The first-order chi connectivity index (χ1) is 7.02. The minimum absolute atomic E-state index is 0.228. The van der Waals surface area contributed by atoms with Gasteiger partial charge >= 0.3 is 0 Å². The molecule has 0 atom stereocenters. The zero-order chi connectivity index (χ0) is 11.1. The molecule has 0 radical (unpaired) electrons. The molecule has 0 aromatic heterocycles. The average Bonchev–Trinajstić information content (AvgIpc) is 2.58. The lowest BCUT2D eigenvalue weighted by Gasteiger charge is -2.21. The third-order valence-electron chi connectivity index (χ3n) is 3.20. The summed E-state index contributed by atoms with van der Waals surface area (Å²) in [6.07, 6.45) is 1.16. The number of anilines is 1. The van der Waals surface area contributed by atoms with Crippen LogP contribution in [0.1, 0.15) is 31.9 Å². The van der Waals surface area contributed by atoms with Gasteiger partial charge in [0.2, 0.25) is 0 Å². The summed E-state index contributed by atoms with van der Waals surface area (Å²) in [4.78, 5) is 2.42. The summed E-state index contributed by atoms with van der Waals surface area (Å²) in [5.74, 6) is 0. The van der Waals surface area contributed by atoms with Crippen molar-refractivity contribution in [3.63, 3.8) is 0 Å². The fourth-order valence-electron chi connectivity index (χ4n) is 2.20. The van der Waals surface area contributed by atoms with Gasteiger partial charge in [-0.2, -0.15) is 0 Å². The summed E-state index contributed by atoms with van der Waals surface area (Å²) < 4.78 is 0. The molecule has 15 heavy (non-hydrogen) atoms. The smallest absolute Gasteiger partial charge is 0.0399 e. The van der Waals surface area contributed by atoms with Gasteiger partial charge < -0.3 is 10.6 Å². The maximum Gasteiger partial charge on any atom is 0.0399 e. The van der Waals surface area contributed by atoms with Gasteiger partial charge in [-0.05, 0) is 44.4 Å². The Kier molecular flexibility index (Phi) is 2.47. The van der Waals surface area contributed by atoms with Gasteiger partial charge in [0.15, 0.2) is 0 Å². The maximum atomic E-state index is 6.10. The fraction of sp³-hybridized carbons (Fsp3) is 0.538. The van der Waals surface area contributed by atoms with Crippen molar-refractivity contribution in [3.05, 3.63) is 29.3 Å². The molecule has 2 heteroatoms. The van der Waals surface area contributed by atoms with Gasteiger partial charge in [0.1, 0.15) is 0 Å². The van der Waals surface area contributed by atoms with Gasteiger partial charge in [-0.3, -0.25) is 0 Å². The number of nitrogens with zero attached hydrogens (tertiary/aromatic N) is 1. The van der Waals surface area contributed by atoms with Crippen LogP contribution in [0, 0.1) is 0 Å². The Morgan fingerprint density at radius 2 is 2.13 bits per heavy atom. The Balaban J connectivity index is 2.37. The molecule has 0 saturated carbocycles. The molecular weight excluding hydrogens is 184 g/mol. The van der Waals surface area contributed by atoms with Crippen LogP contribution in [0.4, 0.5) is 5.69 Å². The number of hydrogen-bond acceptors (Lipinski definition) is 2. The van der Waals surface area contributed by atoms with Crippen molar-refractivity contribution in [3.8, 4) is 0 Å². The monoisotopic (exact) mass is 204 g/mol. The molecular formula is C13H20N2. The maximum absolute atomic E-state index is 6.10. The summed E-state index contributed by atoms with van der Waals surface area (Å²) in [6.45, 7) is 8.57. The topological polar surface area (TPSA) is 29.3 Å². The molecule has 1 aliphatic rings. The van der Waals surface area contributed by atoms with Gasteiger partial charge in [0.05, 0.1) is 0 Å². The molecule has 2 N–H and O–H groups in total. The average molecular weight is 204 g/mol. The SMILES string of the molecule is CCN1CCc2cc(C(C)(C)N)ccc21. The standard InChI is InChI=1S/C13H20N2/c1-4-15-8-7-10-9-11(13(2,3)14)5-6-12(10)15/h5-6,9H,4,7-8,14H2,1-3H3. The summed E-state index contributed by atoms with van der Waals surface area (Å²) >= 11 is 0. The summed E-state index contributed by atoms with van der Waals surface area (Å²) in [6, 6.07) is 6.65. The lowest BCUT2D eigenvalue weighted by Crippen LogP contribution is -2.28. The van der Waals surface area contributed by atoms with Gasteiger partial charge in [0, 0.05) is 24.3 Å². The number of likely N-dealkylation sites (N-methyl/N-ethyl adjacent to an activating group) is 1. The Bertz CT molecular complexity index is 363. The van der Waals surface area contributed by atoms with Crippen molar-refractivity contribution in [2.45, 2.75) is 32.7 Å². The van der Waals surface area contributed by atoms with Crippen LogP contribution in [0.25, 0.3) is 0 Å². The van der Waals surface area contributed by atoms with E-state index in [1.165, 1.54) is 16.8 Å². The van der Waals surface area contributed by atoms with Crippen molar-refractivity contribution in [1.29, 1.82) is 0 Å². The van der Waals surface area contributed by atoms with Crippen molar-refractivity contribution >= 4 is 5.69 Å². The Morgan fingerprint density at radius 1 is 1.40 bits per heavy atom. The van der Waals surface area contributed by atoms with E-state index in [0.717, 1.165) is 19.5 Å². The van der Waals surface area contributed by atoms with Crippen LogP contribution in [0.5, 0.6) is 0 Å². The molecule has 0 saturated heterocycles. The van der Waals surface area contributed by atoms with E-state index >= 15 is 0 Å². The molecule has 2 nitrogen and oxygen atoms in total. The first-order valence-corrected chi connectivity index (χ1v) is 5.69. The Hall–Kier alpha value is -1.02. The number of nitrogens with two attached hydrogens (primary N) is 1. The highest BCUT2D eigenvalue weighted by molar-refractivity contribution is 5.59. The van der Waals surface area contributed by atoms with Crippen molar-refractivity contribution in [2.24, 2.45) is 5.73 Å². The predicted molar refractivity (Wildman–Crippen MR) is 65.2 cm³/mol. The first-order valence-electron chi connectivity index (χ1n) is 5.69. The number of fused-ring (bicyclic) bond motifs is 1. The molecule has 0 aliphatic carbocycles. The third-order valence-corrected chi connectivity index (χ3v) is 3.20. The number of rotatable bonds is 2. The van der Waals surface area contributed by atoms with E-state index in [-0.39, 0.29) is 5.54 Å². The lowest BCUT2D eigenvalue weighted by atomic mass is 9.93. The molecule has 1 aliphatic heterocycles.